The van der Waals surface area contributed by atoms with Gasteiger partial charge in [0.2, 0.25) is 17.7 Å². The minimum Gasteiger partial charge on any atom is -0.444 e. The molecule has 0 aliphatic heterocycles. The minimum absolute atomic E-state index is 0.0125. The number of primary amides is 1. The fourth-order valence-corrected chi connectivity index (χ4v) is 4.66. The van der Waals surface area contributed by atoms with Crippen molar-refractivity contribution in [2.75, 3.05) is 0 Å². The Morgan fingerprint density at radius 3 is 2.30 bits per heavy atom. The van der Waals surface area contributed by atoms with Gasteiger partial charge in [0.05, 0.1) is 0 Å². The van der Waals surface area contributed by atoms with Crippen molar-refractivity contribution in [3.05, 3.63) is 35.4 Å². The number of carbonyl (C=O) groups excluding carboxylic acids is 4. The van der Waals surface area contributed by atoms with E-state index in [0.29, 0.717) is 5.56 Å². The van der Waals surface area contributed by atoms with E-state index in [1.807, 2.05) is 45.0 Å². The van der Waals surface area contributed by atoms with E-state index in [1.165, 1.54) is 4.90 Å². The van der Waals surface area contributed by atoms with Gasteiger partial charge in [-0.3, -0.25) is 14.4 Å². The summed E-state index contributed by atoms with van der Waals surface area (Å²) in [5.41, 5.74) is 6.22. The Labute approximate surface area is 220 Å². The number of hydrogen-bond donors (Lipinski definition) is 3. The van der Waals surface area contributed by atoms with Crippen LogP contribution in [0.1, 0.15) is 96.7 Å². The number of rotatable bonds is 10. The van der Waals surface area contributed by atoms with Crippen LogP contribution in [0.5, 0.6) is 0 Å². The molecule has 4 N–H and O–H groups in total. The van der Waals surface area contributed by atoms with Crippen LogP contribution in [0, 0.1) is 6.92 Å². The maximum absolute atomic E-state index is 14.0. The van der Waals surface area contributed by atoms with Crippen LogP contribution in [-0.2, 0) is 19.1 Å². The zero-order chi connectivity index (χ0) is 27.8. The summed E-state index contributed by atoms with van der Waals surface area (Å²) in [6, 6.07) is 5.19. The molecule has 1 aliphatic rings. The largest absolute Gasteiger partial charge is 0.444 e. The Morgan fingerprint density at radius 2 is 1.76 bits per heavy atom. The maximum atomic E-state index is 14.0. The summed E-state index contributed by atoms with van der Waals surface area (Å²) in [6.07, 6.45) is 4.18. The van der Waals surface area contributed by atoms with E-state index in [9.17, 15) is 19.2 Å². The topological polar surface area (TPSA) is 131 Å². The lowest BCUT2D eigenvalue weighted by Gasteiger charge is -2.38. The van der Waals surface area contributed by atoms with Crippen LogP contribution >= 0.6 is 0 Å². The Morgan fingerprint density at radius 1 is 1.11 bits per heavy atom. The maximum Gasteiger partial charge on any atom is 0.408 e. The highest BCUT2D eigenvalue weighted by Crippen LogP contribution is 2.28. The van der Waals surface area contributed by atoms with Gasteiger partial charge in [-0.2, -0.15) is 0 Å². The second kappa shape index (κ2) is 13.4. The molecule has 2 atom stereocenters. The van der Waals surface area contributed by atoms with Crippen LogP contribution < -0.4 is 16.4 Å². The lowest BCUT2D eigenvalue weighted by molar-refractivity contribution is -0.145. The van der Waals surface area contributed by atoms with Gasteiger partial charge in [-0.15, -0.1) is 0 Å². The van der Waals surface area contributed by atoms with Crippen LogP contribution in [0.3, 0.4) is 0 Å². The smallest absolute Gasteiger partial charge is 0.408 e. The molecule has 0 bridgehead atoms. The van der Waals surface area contributed by atoms with Crippen molar-refractivity contribution in [3.8, 4) is 0 Å². The van der Waals surface area contributed by atoms with Gasteiger partial charge in [0.25, 0.3) is 0 Å². The number of hydrogen-bond acceptors (Lipinski definition) is 5. The molecular formula is C28H44N4O5. The number of nitrogens with two attached hydrogens (primary N) is 1. The van der Waals surface area contributed by atoms with E-state index in [-0.39, 0.29) is 30.8 Å². The molecule has 2 rings (SSSR count). The molecule has 0 spiro atoms. The highest BCUT2D eigenvalue weighted by atomic mass is 16.6. The van der Waals surface area contributed by atoms with Crippen molar-refractivity contribution < 1.29 is 23.9 Å². The predicted octanol–water partition coefficient (Wildman–Crippen LogP) is 3.88. The molecule has 0 heterocycles. The molecular weight excluding hydrogens is 472 g/mol. The number of alkyl carbamates (subject to hydrolysis) is 1. The number of nitrogens with zero attached hydrogens (tertiary/aromatic N) is 1. The summed E-state index contributed by atoms with van der Waals surface area (Å²) in [6.45, 7) is 10.7. The summed E-state index contributed by atoms with van der Waals surface area (Å²) in [4.78, 5) is 53.4. The average Bonchev–Trinajstić information content (AvgIpc) is 2.78. The lowest BCUT2D eigenvalue weighted by Crippen LogP contribution is -2.56. The Hall–Kier alpha value is -3.10. The van der Waals surface area contributed by atoms with Crippen molar-refractivity contribution >= 4 is 23.8 Å². The van der Waals surface area contributed by atoms with Gasteiger partial charge in [-0.1, -0.05) is 49.1 Å². The molecule has 0 saturated heterocycles. The second-order valence-electron chi connectivity index (χ2n) is 11.2. The molecule has 1 fully saturated rings. The highest BCUT2D eigenvalue weighted by Gasteiger charge is 2.38. The van der Waals surface area contributed by atoms with Crippen molar-refractivity contribution in [2.45, 2.75) is 116 Å². The standard InChI is InChI=1S/C28H44N4O5/c1-18(2)32(26(35)22(15-16-23(29)33)31-27(36)37-28(4,5)6)24(20-12-10-11-19(3)17-20)25(34)30-21-13-8-7-9-14-21/h10-12,17-18,21-22,24H,7-9,13-16H2,1-6H3,(H2,29,33)(H,30,34)(H,31,36). The van der Waals surface area contributed by atoms with E-state index >= 15 is 0 Å². The summed E-state index contributed by atoms with van der Waals surface area (Å²) in [5.74, 6) is -1.33. The van der Waals surface area contributed by atoms with Gasteiger partial charge >= 0.3 is 6.09 Å². The number of ether oxygens (including phenoxy) is 1. The van der Waals surface area contributed by atoms with E-state index in [4.69, 9.17) is 10.5 Å². The van der Waals surface area contributed by atoms with Gasteiger partial charge in [-0.05, 0) is 66.4 Å². The molecule has 4 amide bonds. The van der Waals surface area contributed by atoms with Gasteiger partial charge in [0.1, 0.15) is 17.7 Å². The van der Waals surface area contributed by atoms with E-state index < -0.39 is 35.6 Å². The van der Waals surface area contributed by atoms with Gasteiger partial charge in [-0.25, -0.2) is 4.79 Å². The minimum atomic E-state index is -1.10. The molecule has 0 aromatic heterocycles. The van der Waals surface area contributed by atoms with Crippen molar-refractivity contribution in [1.82, 2.24) is 15.5 Å². The molecule has 9 nitrogen and oxygen atoms in total. The van der Waals surface area contributed by atoms with Crippen LogP contribution in [0.4, 0.5) is 4.79 Å². The summed E-state index contributed by atoms with van der Waals surface area (Å²) >= 11 is 0. The Kier molecular flexibility index (Phi) is 10.9. The summed E-state index contributed by atoms with van der Waals surface area (Å²) < 4.78 is 5.36. The molecule has 0 radical (unpaired) electrons. The third-order valence-corrected chi connectivity index (χ3v) is 6.32. The number of amides is 4. The molecule has 37 heavy (non-hydrogen) atoms. The molecule has 1 aromatic carbocycles. The summed E-state index contributed by atoms with van der Waals surface area (Å²) in [7, 11) is 0. The monoisotopic (exact) mass is 516 g/mol. The number of carbonyl (C=O) groups is 4. The van der Waals surface area contributed by atoms with E-state index in [1.54, 1.807) is 20.8 Å². The molecule has 1 aliphatic carbocycles. The van der Waals surface area contributed by atoms with Crippen LogP contribution in [-0.4, -0.2) is 52.4 Å². The Bertz CT molecular complexity index is 950. The van der Waals surface area contributed by atoms with Crippen LogP contribution in [0.2, 0.25) is 0 Å². The van der Waals surface area contributed by atoms with Crippen LogP contribution in [0.25, 0.3) is 0 Å². The third-order valence-electron chi connectivity index (χ3n) is 6.32. The lowest BCUT2D eigenvalue weighted by atomic mass is 9.94. The SMILES string of the molecule is Cc1cccc(C(C(=O)NC2CCCCC2)N(C(=O)C(CCC(N)=O)NC(=O)OC(C)(C)C)C(C)C)c1. The van der Waals surface area contributed by atoms with E-state index in [2.05, 4.69) is 10.6 Å². The molecule has 9 heteroatoms. The van der Waals surface area contributed by atoms with Crippen molar-refractivity contribution in [3.63, 3.8) is 0 Å². The fraction of sp³-hybridized carbons (Fsp3) is 0.643. The molecule has 1 saturated carbocycles. The second-order valence-corrected chi connectivity index (χ2v) is 11.2. The highest BCUT2D eigenvalue weighted by molar-refractivity contribution is 5.92. The van der Waals surface area contributed by atoms with Gasteiger partial charge in [0.15, 0.2) is 0 Å². The molecule has 206 valence electrons. The third kappa shape index (κ3) is 9.70. The zero-order valence-electron chi connectivity index (χ0n) is 23.1. The normalized spacial score (nSPS) is 16.0. The van der Waals surface area contributed by atoms with Gasteiger partial charge in [0, 0.05) is 18.5 Å². The van der Waals surface area contributed by atoms with Crippen LogP contribution in [0.15, 0.2) is 24.3 Å². The Balaban J connectivity index is 2.44. The number of nitrogens with one attached hydrogen (secondary N) is 2. The van der Waals surface area contributed by atoms with Crippen molar-refractivity contribution in [2.24, 2.45) is 5.73 Å². The average molecular weight is 517 g/mol. The number of benzene rings is 1. The number of aryl methyl sites for hydroxylation is 1. The van der Waals surface area contributed by atoms with Gasteiger partial charge < -0.3 is 26.0 Å². The predicted molar refractivity (Wildman–Crippen MR) is 143 cm³/mol. The molecule has 1 aromatic rings. The molecule has 2 unspecified atom stereocenters. The first kappa shape index (κ1) is 30.1. The zero-order valence-corrected chi connectivity index (χ0v) is 23.1. The first-order chi connectivity index (χ1) is 17.3. The van der Waals surface area contributed by atoms with E-state index in [0.717, 1.165) is 37.7 Å². The van der Waals surface area contributed by atoms with Crippen molar-refractivity contribution in [1.29, 1.82) is 0 Å². The first-order valence-electron chi connectivity index (χ1n) is 13.3. The quantitative estimate of drug-likeness (QED) is 0.434. The first-order valence-corrected chi connectivity index (χ1v) is 13.3. The summed E-state index contributed by atoms with van der Waals surface area (Å²) in [5, 5.41) is 5.78. The fourth-order valence-electron chi connectivity index (χ4n) is 4.66.